The lowest BCUT2D eigenvalue weighted by atomic mass is 10.1. The Hall–Kier alpha value is -6.53. The van der Waals surface area contributed by atoms with Crippen LogP contribution in [0.5, 0.6) is 0 Å². The second-order valence-electron chi connectivity index (χ2n) is 14.6. The molecule has 0 bridgehead atoms. The quantitative estimate of drug-likeness (QED) is 0.0301. The Labute approximate surface area is 366 Å². The van der Waals surface area contributed by atoms with Gasteiger partial charge in [0.25, 0.3) is 20.2 Å². The van der Waals surface area contributed by atoms with Crippen molar-refractivity contribution in [2.24, 2.45) is 15.7 Å². The number of aliphatic imine (C=N–C) groups is 2. The van der Waals surface area contributed by atoms with E-state index >= 15 is 0 Å². The number of hydrogen-bond donors (Lipinski definition) is 10. The maximum atomic E-state index is 12.7. The van der Waals surface area contributed by atoms with Crippen LogP contribution in [0.4, 0.5) is 40.6 Å². The molecule has 0 aliphatic carbocycles. The van der Waals surface area contributed by atoms with Crippen LogP contribution in [0.15, 0.2) is 117 Å². The average molecular weight is 899 g/mol. The van der Waals surface area contributed by atoms with Crippen LogP contribution in [0.2, 0.25) is 0 Å². The van der Waals surface area contributed by atoms with Gasteiger partial charge in [-0.3, -0.25) is 14.4 Å². The Morgan fingerprint density at radius 3 is 1.75 bits per heavy atom. The summed E-state index contributed by atoms with van der Waals surface area (Å²) in [5.41, 5.74) is 7.63. The van der Waals surface area contributed by atoms with Crippen molar-refractivity contribution in [3.8, 4) is 0 Å². The van der Waals surface area contributed by atoms with Gasteiger partial charge in [-0.05, 0) is 107 Å². The Bertz CT molecular complexity index is 2690. The molecule has 1 aliphatic rings. The molecule has 1 atom stereocenters. The Morgan fingerprint density at radius 1 is 0.683 bits per heavy atom. The van der Waals surface area contributed by atoms with Gasteiger partial charge in [0.2, 0.25) is 29.8 Å². The van der Waals surface area contributed by atoms with E-state index in [-0.39, 0.29) is 52.3 Å². The van der Waals surface area contributed by atoms with Gasteiger partial charge >= 0.3 is 0 Å². The van der Waals surface area contributed by atoms with Gasteiger partial charge in [0.15, 0.2) is 5.79 Å². The van der Waals surface area contributed by atoms with Crippen molar-refractivity contribution in [2.45, 2.75) is 35.3 Å². The number of para-hydroxylation sites is 2. The summed E-state index contributed by atoms with van der Waals surface area (Å²) in [5.74, 6) is -0.0228. The summed E-state index contributed by atoms with van der Waals surface area (Å²) in [6.45, 7) is 4.20. The lowest BCUT2D eigenvalue weighted by Gasteiger charge is -2.33. The second-order valence-corrected chi connectivity index (χ2v) is 17.4. The molecule has 63 heavy (non-hydrogen) atoms. The van der Waals surface area contributed by atoms with E-state index in [1.165, 1.54) is 42.5 Å². The first-order valence-electron chi connectivity index (χ1n) is 19.7. The van der Waals surface area contributed by atoms with Crippen molar-refractivity contribution < 1.29 is 25.9 Å². The summed E-state index contributed by atoms with van der Waals surface area (Å²) in [6, 6.07) is 26.8. The topological polar surface area (TPSA) is 286 Å². The van der Waals surface area contributed by atoms with Crippen LogP contribution in [-0.4, -0.2) is 104 Å². The number of nitrogens with one attached hydrogen (secondary N) is 7. The predicted molar refractivity (Wildman–Crippen MR) is 248 cm³/mol. The fourth-order valence-electron chi connectivity index (χ4n) is 6.12. The number of aromatic nitrogens is 3. The van der Waals surface area contributed by atoms with E-state index in [0.717, 1.165) is 24.3 Å². The van der Waals surface area contributed by atoms with Gasteiger partial charge in [-0.25, -0.2) is 4.99 Å². The maximum absolute atomic E-state index is 12.7. The first kappa shape index (κ1) is 46.0. The van der Waals surface area contributed by atoms with Gasteiger partial charge in [-0.15, -0.1) is 0 Å². The minimum atomic E-state index is -4.83. The summed E-state index contributed by atoms with van der Waals surface area (Å²) in [6.07, 6.45) is 4.09. The van der Waals surface area contributed by atoms with E-state index in [0.29, 0.717) is 26.1 Å². The van der Waals surface area contributed by atoms with Crippen molar-refractivity contribution in [3.63, 3.8) is 0 Å². The highest BCUT2D eigenvalue weighted by atomic mass is 32.2. The second kappa shape index (κ2) is 20.6. The van der Waals surface area contributed by atoms with Crippen LogP contribution in [0.3, 0.4) is 0 Å². The minimum Gasteiger partial charge on any atom is -0.354 e. The van der Waals surface area contributed by atoms with Gasteiger partial charge in [0.05, 0.1) is 0 Å². The number of rotatable bonds is 19. The minimum absolute atomic E-state index is 0.0109. The average Bonchev–Trinajstić information content (AvgIpc) is 3.22. The number of nitrogens with zero attached hydrogens (tertiary/aromatic N) is 6. The van der Waals surface area contributed by atoms with Crippen molar-refractivity contribution in [2.75, 3.05) is 66.9 Å². The summed E-state index contributed by atoms with van der Waals surface area (Å²) >= 11 is 0. The Kier molecular flexibility index (Phi) is 15.0. The third-order valence-corrected chi connectivity index (χ3v) is 10.9. The predicted octanol–water partition coefficient (Wildman–Crippen LogP) is 4.84. The smallest absolute Gasteiger partial charge is 0.295 e. The zero-order valence-electron chi connectivity index (χ0n) is 34.7. The molecule has 1 aromatic heterocycles. The number of guanidine groups is 2. The van der Waals surface area contributed by atoms with Crippen LogP contribution >= 0.6 is 0 Å². The SMILES string of the molecule is CN(C)CCCNc1nc(Nc2ccccc2)nc(Nc2ccc(/C=C/c3ccc(NC4=NC(Nc5ccccc5)=NC(C)(NCCCN)N4)cc3S(=O)(=O)O)c(S(=O)(=O)O)c2)n1. The van der Waals surface area contributed by atoms with Crippen molar-refractivity contribution in [1.82, 2.24) is 30.5 Å². The lowest BCUT2D eigenvalue weighted by Crippen LogP contribution is -2.60. The first-order chi connectivity index (χ1) is 30.0. The third-order valence-electron chi connectivity index (χ3n) is 9.06. The summed E-state index contributed by atoms with van der Waals surface area (Å²) < 4.78 is 71.5. The Morgan fingerprint density at radius 2 is 1.21 bits per heavy atom. The van der Waals surface area contributed by atoms with Crippen LogP contribution in [0.25, 0.3) is 12.2 Å². The number of anilines is 7. The molecular weight excluding hydrogens is 849 g/mol. The zero-order chi connectivity index (χ0) is 45.0. The van der Waals surface area contributed by atoms with Crippen molar-refractivity contribution in [3.05, 3.63) is 108 Å². The van der Waals surface area contributed by atoms with Crippen LogP contribution in [0.1, 0.15) is 30.9 Å². The molecule has 1 unspecified atom stereocenters. The first-order valence-corrected chi connectivity index (χ1v) is 22.6. The zero-order valence-corrected chi connectivity index (χ0v) is 36.4. The molecule has 6 rings (SSSR count). The molecule has 0 saturated carbocycles. The van der Waals surface area contributed by atoms with Crippen LogP contribution in [-0.2, 0) is 20.2 Å². The van der Waals surface area contributed by atoms with Crippen molar-refractivity contribution in [1.29, 1.82) is 0 Å². The summed E-state index contributed by atoms with van der Waals surface area (Å²) in [5, 5.41) is 22.0. The van der Waals surface area contributed by atoms with Crippen LogP contribution < -0.4 is 43.0 Å². The molecule has 0 fully saturated rings. The molecule has 5 aromatic rings. The van der Waals surface area contributed by atoms with E-state index in [1.807, 2.05) is 74.8 Å². The number of benzene rings is 4. The number of nitrogens with two attached hydrogens (primary N) is 1. The molecule has 0 amide bonds. The van der Waals surface area contributed by atoms with E-state index in [1.54, 1.807) is 13.0 Å². The molecule has 22 heteroatoms. The van der Waals surface area contributed by atoms with Crippen LogP contribution in [0, 0.1) is 0 Å². The maximum Gasteiger partial charge on any atom is 0.295 e. The van der Waals surface area contributed by atoms with Gasteiger partial charge < -0.3 is 42.5 Å². The highest BCUT2D eigenvalue weighted by Crippen LogP contribution is 2.28. The molecule has 1 aliphatic heterocycles. The molecule has 4 aromatic carbocycles. The highest BCUT2D eigenvalue weighted by molar-refractivity contribution is 7.86. The fourth-order valence-corrected chi connectivity index (χ4v) is 7.54. The molecule has 2 heterocycles. The van der Waals surface area contributed by atoms with Gasteiger partial charge in [-0.1, -0.05) is 60.7 Å². The molecule has 0 spiro atoms. The molecule has 0 radical (unpaired) electrons. The monoisotopic (exact) mass is 898 g/mol. The lowest BCUT2D eigenvalue weighted by molar-refractivity contribution is 0.339. The summed E-state index contributed by atoms with van der Waals surface area (Å²) in [4.78, 5) is 23.7. The van der Waals surface area contributed by atoms with E-state index in [2.05, 4.69) is 67.1 Å². The Balaban J connectivity index is 1.25. The van der Waals surface area contributed by atoms with E-state index < -0.39 is 35.8 Å². The molecule has 0 saturated heterocycles. The van der Waals surface area contributed by atoms with Gasteiger partial charge in [0, 0.05) is 35.8 Å². The van der Waals surface area contributed by atoms with Crippen molar-refractivity contribution >= 4 is 84.9 Å². The molecule has 20 nitrogen and oxygen atoms in total. The number of hydrogen-bond acceptors (Lipinski definition) is 18. The molecule has 11 N–H and O–H groups in total. The molecular formula is C41H50N14O6S2. The summed E-state index contributed by atoms with van der Waals surface area (Å²) in [7, 11) is -5.71. The van der Waals surface area contributed by atoms with E-state index in [4.69, 9.17) is 5.73 Å². The fraction of sp³-hybridized carbons (Fsp3) is 0.244. The normalized spacial score (nSPS) is 15.3. The van der Waals surface area contributed by atoms with Gasteiger partial charge in [-0.2, -0.15) is 36.8 Å². The third kappa shape index (κ3) is 13.7. The standard InChI is InChI=1S/C41H50N14O6S2/c1-41(44-24-10-22-42)53-39(46-31-14-8-5-9-15-31)52-40(54-41)48-33-21-19-29(35(27-33)63(59,60)61)17-16-28-18-20-32(26-34(28)62(56,57)58)47-38-50-36(43-23-11-25-55(2)3)49-37(51-38)45-30-12-6-4-7-13-30/h4-9,12-21,26-27,44H,10-11,22-25,42H2,1-3H3,(H,56,57,58)(H,59,60,61)(H3,46,48,52,53,54)(H3,43,45,47,49,50,51)/b17-16+. The molecule has 332 valence electrons. The van der Waals surface area contributed by atoms with Gasteiger partial charge in [0.1, 0.15) is 9.79 Å². The largest absolute Gasteiger partial charge is 0.354 e. The van der Waals surface area contributed by atoms with E-state index in [9.17, 15) is 25.9 Å². The highest BCUT2D eigenvalue weighted by Gasteiger charge is 2.29.